The summed E-state index contributed by atoms with van der Waals surface area (Å²) < 4.78 is 0. The largest absolute Gasteiger partial charge is 0.358 e. The van der Waals surface area contributed by atoms with Crippen molar-refractivity contribution in [3.05, 3.63) is 35.5 Å². The van der Waals surface area contributed by atoms with Gasteiger partial charge < -0.3 is 15.5 Å². The number of aromatic nitrogens is 2. The third kappa shape index (κ3) is 3.03. The normalized spacial score (nSPS) is 18.3. The number of carbonyl (C=O) groups is 1. The van der Waals surface area contributed by atoms with Gasteiger partial charge in [0.1, 0.15) is 11.4 Å². The molecule has 0 atom stereocenters. The van der Waals surface area contributed by atoms with Crippen molar-refractivity contribution in [3.63, 3.8) is 0 Å². The molecule has 1 saturated carbocycles. The monoisotopic (exact) mass is 365 g/mol. The molecule has 142 valence electrons. The van der Waals surface area contributed by atoms with Crippen molar-refractivity contribution in [2.75, 3.05) is 17.3 Å². The van der Waals surface area contributed by atoms with E-state index in [0.29, 0.717) is 17.6 Å². The van der Waals surface area contributed by atoms with Crippen LogP contribution in [0.3, 0.4) is 0 Å². The second-order valence-electron chi connectivity index (χ2n) is 8.03. The summed E-state index contributed by atoms with van der Waals surface area (Å²) in [7, 11) is 1.64. The number of nitrogens with zero attached hydrogens (tertiary/aromatic N) is 3. The van der Waals surface area contributed by atoms with Crippen molar-refractivity contribution in [2.45, 2.75) is 58.2 Å². The lowest BCUT2D eigenvalue weighted by atomic mass is 10.1. The summed E-state index contributed by atoms with van der Waals surface area (Å²) in [6.45, 7) is 6.34. The lowest BCUT2D eigenvalue weighted by Gasteiger charge is -2.37. The fraction of sp³-hybridized carbons (Fsp3) is 0.476. The first-order chi connectivity index (χ1) is 12.9. The smallest absolute Gasteiger partial charge is 0.272 e. The van der Waals surface area contributed by atoms with Crippen LogP contribution in [-0.2, 0) is 0 Å². The topological polar surface area (TPSA) is 70.1 Å². The van der Waals surface area contributed by atoms with E-state index in [4.69, 9.17) is 4.98 Å². The summed E-state index contributed by atoms with van der Waals surface area (Å²) in [6, 6.07) is 8.55. The Kier molecular flexibility index (Phi) is 4.29. The van der Waals surface area contributed by atoms with Crippen LogP contribution in [0.25, 0.3) is 11.4 Å². The molecule has 1 aromatic heterocycles. The number of anilines is 2. The zero-order chi connectivity index (χ0) is 19.2. The number of fused-ring (bicyclic) bond motifs is 1. The van der Waals surface area contributed by atoms with E-state index < -0.39 is 0 Å². The Balaban J connectivity index is 1.89. The van der Waals surface area contributed by atoms with E-state index in [1.54, 1.807) is 7.05 Å². The minimum absolute atomic E-state index is 0.196. The molecule has 4 rings (SSSR count). The Bertz CT molecular complexity index is 869. The van der Waals surface area contributed by atoms with Crippen molar-refractivity contribution in [1.29, 1.82) is 0 Å². The van der Waals surface area contributed by atoms with Crippen LogP contribution in [0.5, 0.6) is 0 Å². The van der Waals surface area contributed by atoms with E-state index in [1.807, 2.05) is 24.3 Å². The van der Waals surface area contributed by atoms with Gasteiger partial charge >= 0.3 is 0 Å². The number of nitrogens with one attached hydrogen (secondary N) is 2. The predicted octanol–water partition coefficient (Wildman–Crippen LogP) is 3.72. The number of rotatable bonds is 3. The molecule has 1 aromatic carbocycles. The fourth-order valence-corrected chi connectivity index (χ4v) is 4.28. The van der Waals surface area contributed by atoms with Gasteiger partial charge in [0, 0.05) is 18.7 Å². The van der Waals surface area contributed by atoms with Crippen molar-refractivity contribution < 1.29 is 4.79 Å². The highest BCUT2D eigenvalue weighted by atomic mass is 16.1. The lowest BCUT2D eigenvalue weighted by Crippen LogP contribution is -2.50. The van der Waals surface area contributed by atoms with Gasteiger partial charge in [-0.1, -0.05) is 42.7 Å². The van der Waals surface area contributed by atoms with Crippen molar-refractivity contribution in [2.24, 2.45) is 0 Å². The van der Waals surface area contributed by atoms with Gasteiger partial charge in [0.25, 0.3) is 5.91 Å². The zero-order valence-corrected chi connectivity index (χ0v) is 16.5. The standard InChI is InChI=1S/C21H27N5O/c1-13-9-11-14(12-10-13)18-23-17(20(27)22-4)16-19(24-18)26(21(2,3)25-16)15-7-5-6-8-15/h9-12,15,25H,5-8H2,1-4H3,(H,22,27). The second kappa shape index (κ2) is 6.51. The molecule has 0 saturated heterocycles. The molecule has 1 aliphatic heterocycles. The number of amides is 1. The number of hydrogen-bond donors (Lipinski definition) is 2. The fourth-order valence-electron chi connectivity index (χ4n) is 4.28. The van der Waals surface area contributed by atoms with Crippen LogP contribution in [0.1, 0.15) is 55.6 Å². The molecular weight excluding hydrogens is 338 g/mol. The van der Waals surface area contributed by atoms with E-state index in [-0.39, 0.29) is 11.6 Å². The van der Waals surface area contributed by atoms with E-state index in [2.05, 4.69) is 41.3 Å². The molecule has 0 radical (unpaired) electrons. The van der Waals surface area contributed by atoms with Crippen LogP contribution in [-0.4, -0.2) is 34.6 Å². The highest BCUT2D eigenvalue weighted by molar-refractivity contribution is 6.02. The predicted molar refractivity (Wildman–Crippen MR) is 108 cm³/mol. The molecule has 6 nitrogen and oxygen atoms in total. The average Bonchev–Trinajstić information content (AvgIpc) is 3.24. The molecule has 2 aromatic rings. The number of benzene rings is 1. The number of hydrogen-bond acceptors (Lipinski definition) is 5. The lowest BCUT2D eigenvalue weighted by molar-refractivity contribution is 0.0959. The van der Waals surface area contributed by atoms with Crippen molar-refractivity contribution in [3.8, 4) is 11.4 Å². The van der Waals surface area contributed by atoms with Gasteiger partial charge in [-0.2, -0.15) is 0 Å². The third-order valence-corrected chi connectivity index (χ3v) is 5.59. The van der Waals surface area contributed by atoms with Gasteiger partial charge in [0.15, 0.2) is 17.3 Å². The maximum atomic E-state index is 12.6. The van der Waals surface area contributed by atoms with E-state index in [1.165, 1.54) is 18.4 Å². The molecular formula is C21H27N5O. The Morgan fingerprint density at radius 2 is 1.85 bits per heavy atom. The molecule has 27 heavy (non-hydrogen) atoms. The van der Waals surface area contributed by atoms with Crippen LogP contribution in [0.2, 0.25) is 0 Å². The number of carbonyl (C=O) groups excluding carboxylic acids is 1. The Hall–Kier alpha value is -2.63. The van der Waals surface area contributed by atoms with Crippen LogP contribution >= 0.6 is 0 Å². The summed E-state index contributed by atoms with van der Waals surface area (Å²) >= 11 is 0. The molecule has 0 unspecified atom stereocenters. The average molecular weight is 365 g/mol. The molecule has 0 spiro atoms. The Labute approximate surface area is 160 Å². The summed E-state index contributed by atoms with van der Waals surface area (Å²) in [5.41, 5.74) is 2.95. The molecule has 0 bridgehead atoms. The van der Waals surface area contributed by atoms with Crippen LogP contribution in [0, 0.1) is 6.92 Å². The summed E-state index contributed by atoms with van der Waals surface area (Å²) in [5.74, 6) is 1.24. The quantitative estimate of drug-likeness (QED) is 0.867. The SMILES string of the molecule is CNC(=O)c1nc(-c2ccc(C)cc2)nc2c1NC(C)(C)N2C1CCCC1. The van der Waals surface area contributed by atoms with Crippen molar-refractivity contribution in [1.82, 2.24) is 15.3 Å². The number of aryl methyl sites for hydroxylation is 1. The molecule has 6 heteroatoms. The van der Waals surface area contributed by atoms with E-state index in [0.717, 1.165) is 29.9 Å². The van der Waals surface area contributed by atoms with Gasteiger partial charge in [0.05, 0.1) is 0 Å². The summed E-state index contributed by atoms with van der Waals surface area (Å²) in [6.07, 6.45) is 4.79. The van der Waals surface area contributed by atoms with Gasteiger partial charge in [0.2, 0.25) is 0 Å². The first-order valence-electron chi connectivity index (χ1n) is 9.69. The molecule has 1 amide bonds. The van der Waals surface area contributed by atoms with Crippen LogP contribution < -0.4 is 15.5 Å². The highest BCUT2D eigenvalue weighted by Gasteiger charge is 2.44. The van der Waals surface area contributed by atoms with E-state index >= 15 is 0 Å². The van der Waals surface area contributed by atoms with Gasteiger partial charge in [-0.3, -0.25) is 4.79 Å². The molecule has 1 aliphatic carbocycles. The minimum atomic E-state index is -0.305. The van der Waals surface area contributed by atoms with E-state index in [9.17, 15) is 4.79 Å². The summed E-state index contributed by atoms with van der Waals surface area (Å²) in [5, 5.41) is 6.24. The van der Waals surface area contributed by atoms with Crippen LogP contribution in [0.15, 0.2) is 24.3 Å². The van der Waals surface area contributed by atoms with Gasteiger partial charge in [-0.05, 0) is 33.6 Å². The third-order valence-electron chi connectivity index (χ3n) is 5.59. The zero-order valence-electron chi connectivity index (χ0n) is 16.5. The highest BCUT2D eigenvalue weighted by Crippen LogP contribution is 2.45. The van der Waals surface area contributed by atoms with Gasteiger partial charge in [-0.25, -0.2) is 9.97 Å². The maximum Gasteiger partial charge on any atom is 0.272 e. The first-order valence-corrected chi connectivity index (χ1v) is 9.69. The maximum absolute atomic E-state index is 12.6. The molecule has 2 N–H and O–H groups in total. The summed E-state index contributed by atoms with van der Waals surface area (Å²) in [4.78, 5) is 24.5. The van der Waals surface area contributed by atoms with Gasteiger partial charge in [-0.15, -0.1) is 0 Å². The second-order valence-corrected chi connectivity index (χ2v) is 8.03. The molecule has 1 fully saturated rings. The molecule has 2 heterocycles. The molecule has 2 aliphatic rings. The Morgan fingerprint density at radius 1 is 1.19 bits per heavy atom. The minimum Gasteiger partial charge on any atom is -0.358 e. The Morgan fingerprint density at radius 3 is 2.48 bits per heavy atom. The van der Waals surface area contributed by atoms with Crippen molar-refractivity contribution >= 4 is 17.4 Å². The first kappa shape index (κ1) is 17.8. The van der Waals surface area contributed by atoms with Crippen LogP contribution in [0.4, 0.5) is 11.5 Å².